The zero-order valence-electron chi connectivity index (χ0n) is 4.46. The Morgan fingerprint density at radius 2 is 2.29 bits per heavy atom. The quantitative estimate of drug-likeness (QED) is 0.378. The normalized spacial score (nSPS) is 18.0. The van der Waals surface area contributed by atoms with Crippen molar-refractivity contribution in [3.63, 3.8) is 0 Å². The van der Waals surface area contributed by atoms with Crippen LogP contribution in [0.4, 0.5) is 0 Å². The van der Waals surface area contributed by atoms with Crippen molar-refractivity contribution in [2.24, 2.45) is 0 Å². The lowest BCUT2D eigenvalue weighted by Crippen LogP contribution is -2.13. The molecule has 1 heterocycles. The molecule has 0 aromatic rings. The molecule has 0 saturated heterocycles. The molecule has 0 unspecified atom stereocenters. The van der Waals surface area contributed by atoms with E-state index in [9.17, 15) is 0 Å². The fraction of sp³-hybridized carbons (Fsp3) is 0.200. The van der Waals surface area contributed by atoms with Gasteiger partial charge in [0.15, 0.2) is 0 Å². The van der Waals surface area contributed by atoms with Crippen LogP contribution in [0.2, 0.25) is 0 Å². The number of allylic oxidation sites excluding steroid dienone is 2. The Balaban J connectivity index is 2.49. The van der Waals surface area contributed by atoms with Gasteiger partial charge in [0.05, 0.1) is 0 Å². The van der Waals surface area contributed by atoms with Gasteiger partial charge in [-0.3, -0.25) is 0 Å². The first kappa shape index (κ1) is 4.50. The van der Waals surface area contributed by atoms with Crippen LogP contribution < -0.4 is 0 Å². The van der Waals surface area contributed by atoms with Crippen LogP contribution in [0.25, 0.3) is 0 Å². The van der Waals surface area contributed by atoms with Gasteiger partial charge in [-0.25, -0.2) is 0 Å². The van der Waals surface area contributed by atoms with Crippen molar-refractivity contribution in [2.75, 3.05) is 6.54 Å². The van der Waals surface area contributed by atoms with Gasteiger partial charge in [0, 0.05) is 6.54 Å². The predicted octanol–water partition coefficient (Wildman–Crippen LogP) is -0.0800. The molecule has 36 valence electrons. The van der Waals surface area contributed by atoms with E-state index in [4.69, 9.17) is 0 Å². The van der Waals surface area contributed by atoms with Crippen molar-refractivity contribution in [1.29, 1.82) is 0 Å². The van der Waals surface area contributed by atoms with Crippen molar-refractivity contribution in [1.82, 2.24) is 4.81 Å². The van der Waals surface area contributed by atoms with E-state index in [1.807, 2.05) is 6.08 Å². The fourth-order valence-corrected chi connectivity index (χ4v) is 0.563. The molecule has 0 atom stereocenters. The molecule has 1 aliphatic heterocycles. The third-order valence-corrected chi connectivity index (χ3v) is 0.981. The highest BCUT2D eigenvalue weighted by Crippen LogP contribution is 1.90. The third kappa shape index (κ3) is 1.11. The molecule has 1 rings (SSSR count). The maximum atomic E-state index is 2.12. The molecular weight excluding hydrogens is 84.9 g/mol. The Morgan fingerprint density at radius 1 is 1.43 bits per heavy atom. The lowest BCUT2D eigenvalue weighted by Gasteiger charge is -2.12. The highest BCUT2D eigenvalue weighted by molar-refractivity contribution is 6.05. The Kier molecular flexibility index (Phi) is 1.20. The van der Waals surface area contributed by atoms with Gasteiger partial charge in [0.25, 0.3) is 0 Å². The van der Waals surface area contributed by atoms with E-state index >= 15 is 0 Å². The van der Waals surface area contributed by atoms with Gasteiger partial charge >= 0.3 is 0 Å². The molecule has 0 radical (unpaired) electrons. The zero-order valence-corrected chi connectivity index (χ0v) is 4.46. The summed E-state index contributed by atoms with van der Waals surface area (Å²) < 4.78 is 0. The van der Waals surface area contributed by atoms with Crippen molar-refractivity contribution in [3.8, 4) is 0 Å². The molecule has 0 N–H and O–H groups in total. The molecule has 0 aliphatic carbocycles. The van der Waals surface area contributed by atoms with E-state index in [2.05, 4.69) is 31.1 Å². The summed E-state index contributed by atoms with van der Waals surface area (Å²) in [4.78, 5) is 2.12. The molecule has 2 heteroatoms. The summed E-state index contributed by atoms with van der Waals surface area (Å²) in [6.07, 6.45) is 8.27. The average molecular weight is 92.9 g/mol. The first-order chi connectivity index (χ1) is 3.39. The van der Waals surface area contributed by atoms with E-state index in [0.717, 1.165) is 6.54 Å². The molecule has 0 amide bonds. The second-order valence-corrected chi connectivity index (χ2v) is 1.71. The second kappa shape index (κ2) is 1.87. The summed E-state index contributed by atoms with van der Waals surface area (Å²) in [5.41, 5.74) is 0. The average Bonchev–Trinajstić information content (AvgIpc) is 1.69. The van der Waals surface area contributed by atoms with Gasteiger partial charge in [-0.15, -0.1) is 0 Å². The Labute approximate surface area is 44.7 Å². The lowest BCUT2D eigenvalue weighted by molar-refractivity contribution is 0.668. The first-order valence-electron chi connectivity index (χ1n) is 2.43. The van der Waals surface area contributed by atoms with Crippen LogP contribution >= 0.6 is 0 Å². The summed E-state index contributed by atoms with van der Waals surface area (Å²) in [7, 11) is 2.06. The molecule has 7 heavy (non-hydrogen) atoms. The number of hydrogen-bond donors (Lipinski definition) is 0. The van der Waals surface area contributed by atoms with E-state index in [1.165, 1.54) is 0 Å². The van der Waals surface area contributed by atoms with Gasteiger partial charge in [-0.05, 0) is 12.3 Å². The monoisotopic (exact) mass is 93.1 g/mol. The van der Waals surface area contributed by atoms with Gasteiger partial charge in [0.1, 0.15) is 0 Å². The molecule has 0 spiro atoms. The van der Waals surface area contributed by atoms with Crippen LogP contribution in [0.15, 0.2) is 24.4 Å². The van der Waals surface area contributed by atoms with E-state index in [0.29, 0.717) is 0 Å². The third-order valence-electron chi connectivity index (χ3n) is 0.981. The molecule has 1 aliphatic rings. The molecule has 0 aromatic heterocycles. The summed E-state index contributed by atoms with van der Waals surface area (Å²) in [5, 5.41) is 0. The van der Waals surface area contributed by atoms with E-state index in [-0.39, 0.29) is 0 Å². The largest absolute Gasteiger partial charge is 0.424 e. The number of nitrogens with zero attached hydrogens (tertiary/aromatic N) is 1. The number of rotatable bonds is 0. The first-order valence-corrected chi connectivity index (χ1v) is 2.43. The SMILES string of the molecule is BN1C=CC=CC1. The number of hydrogen-bond acceptors (Lipinski definition) is 1. The van der Waals surface area contributed by atoms with Crippen molar-refractivity contribution >= 4 is 7.98 Å². The van der Waals surface area contributed by atoms with Crippen LogP contribution in [-0.2, 0) is 0 Å². The minimum absolute atomic E-state index is 1.05. The summed E-state index contributed by atoms with van der Waals surface area (Å²) in [6, 6.07) is 0. The minimum atomic E-state index is 1.05. The highest BCUT2D eigenvalue weighted by Gasteiger charge is 1.86. The standard InChI is InChI=1S/C5H8BN/c6-7-4-2-1-3-5-7/h1-4H,5-6H2. The van der Waals surface area contributed by atoms with Crippen molar-refractivity contribution in [2.45, 2.75) is 0 Å². The molecule has 0 saturated carbocycles. The predicted molar refractivity (Wildman–Crippen MR) is 33.5 cm³/mol. The summed E-state index contributed by atoms with van der Waals surface area (Å²) in [6.45, 7) is 1.05. The topological polar surface area (TPSA) is 3.24 Å². The molecular formula is C5H8BN. The van der Waals surface area contributed by atoms with E-state index in [1.54, 1.807) is 0 Å². The zero-order chi connectivity index (χ0) is 5.11. The fourth-order valence-electron chi connectivity index (χ4n) is 0.563. The maximum Gasteiger partial charge on any atom is 0.217 e. The van der Waals surface area contributed by atoms with Gasteiger partial charge in [-0.2, -0.15) is 0 Å². The molecule has 0 fully saturated rings. The van der Waals surface area contributed by atoms with Crippen LogP contribution in [0.5, 0.6) is 0 Å². The maximum absolute atomic E-state index is 2.12. The molecule has 0 aromatic carbocycles. The molecule has 0 bridgehead atoms. The second-order valence-electron chi connectivity index (χ2n) is 1.71. The molecule has 1 nitrogen and oxygen atoms in total. The van der Waals surface area contributed by atoms with Crippen LogP contribution in [0, 0.1) is 0 Å². The van der Waals surface area contributed by atoms with Crippen molar-refractivity contribution < 1.29 is 0 Å². The summed E-state index contributed by atoms with van der Waals surface area (Å²) >= 11 is 0. The highest BCUT2D eigenvalue weighted by atomic mass is 15.0. The van der Waals surface area contributed by atoms with E-state index < -0.39 is 0 Å². The van der Waals surface area contributed by atoms with Crippen molar-refractivity contribution in [3.05, 3.63) is 24.4 Å². The van der Waals surface area contributed by atoms with Crippen LogP contribution in [-0.4, -0.2) is 19.3 Å². The Hall–Kier alpha value is -0.655. The Morgan fingerprint density at radius 3 is 2.57 bits per heavy atom. The van der Waals surface area contributed by atoms with Gasteiger partial charge in [-0.1, -0.05) is 12.2 Å². The minimum Gasteiger partial charge on any atom is -0.424 e. The Bertz CT molecular complexity index is 107. The van der Waals surface area contributed by atoms with Crippen LogP contribution in [0.1, 0.15) is 0 Å². The van der Waals surface area contributed by atoms with Gasteiger partial charge in [0.2, 0.25) is 7.98 Å². The smallest absolute Gasteiger partial charge is 0.217 e. The lowest BCUT2D eigenvalue weighted by atomic mass is 10.2. The van der Waals surface area contributed by atoms with Crippen LogP contribution in [0.3, 0.4) is 0 Å². The summed E-state index contributed by atoms with van der Waals surface area (Å²) in [5.74, 6) is 0. The van der Waals surface area contributed by atoms with Gasteiger partial charge < -0.3 is 4.81 Å².